The maximum absolute atomic E-state index is 8.34. The van der Waals surface area contributed by atoms with Gasteiger partial charge < -0.3 is 15.9 Å². The van der Waals surface area contributed by atoms with E-state index in [1.165, 1.54) is 0 Å². The van der Waals surface area contributed by atoms with E-state index in [1.54, 1.807) is 0 Å². The van der Waals surface area contributed by atoms with Gasteiger partial charge in [0.1, 0.15) is 5.76 Å². The van der Waals surface area contributed by atoms with E-state index in [1.807, 2.05) is 0 Å². The zero-order valence-corrected chi connectivity index (χ0v) is 3.96. The van der Waals surface area contributed by atoms with Crippen molar-refractivity contribution in [2.24, 2.45) is 5.73 Å². The minimum absolute atomic E-state index is 0.178. The lowest BCUT2D eigenvalue weighted by molar-refractivity contribution is 0.244. The highest BCUT2D eigenvalue weighted by Crippen LogP contribution is 1.85. The summed E-state index contributed by atoms with van der Waals surface area (Å²) in [5.74, 6) is -0.178. The molecular formula is C4H9NO2. The highest BCUT2D eigenvalue weighted by Gasteiger charge is 1.99. The Hall–Kier alpha value is -0.540. The Labute approximate surface area is 42.1 Å². The van der Waals surface area contributed by atoms with Crippen LogP contribution in [-0.4, -0.2) is 22.9 Å². The Bertz CT molecular complexity index is 72.1. The number of rotatable bonds is 2. The lowest BCUT2D eigenvalue weighted by Crippen LogP contribution is -2.25. The fourth-order valence-electron chi connectivity index (χ4n) is 0.105. The standard InChI is InChI=1S/C4H9NO2/c1-3(7)4(5)2-6/h4,6-7H,1-2,5H2. The molecular weight excluding hydrogens is 94.0 g/mol. The van der Waals surface area contributed by atoms with E-state index >= 15 is 0 Å². The van der Waals surface area contributed by atoms with Gasteiger partial charge >= 0.3 is 0 Å². The van der Waals surface area contributed by atoms with Crippen LogP contribution in [0.4, 0.5) is 0 Å². The van der Waals surface area contributed by atoms with Gasteiger partial charge in [-0.3, -0.25) is 0 Å². The number of hydrogen-bond acceptors (Lipinski definition) is 3. The first-order valence-electron chi connectivity index (χ1n) is 1.92. The summed E-state index contributed by atoms with van der Waals surface area (Å²) in [6, 6.07) is -0.681. The summed E-state index contributed by atoms with van der Waals surface area (Å²) in [4.78, 5) is 0. The first kappa shape index (κ1) is 6.46. The monoisotopic (exact) mass is 103 g/mol. The molecule has 0 bridgehead atoms. The highest BCUT2D eigenvalue weighted by molar-refractivity contribution is 4.91. The highest BCUT2D eigenvalue weighted by atomic mass is 16.3. The molecule has 7 heavy (non-hydrogen) atoms. The molecule has 42 valence electrons. The third kappa shape index (κ3) is 2.19. The smallest absolute Gasteiger partial charge is 0.104 e. The first-order valence-corrected chi connectivity index (χ1v) is 1.92. The maximum atomic E-state index is 8.34. The fraction of sp³-hybridized carbons (Fsp3) is 0.500. The SMILES string of the molecule is C=C(O)C(N)CO. The van der Waals surface area contributed by atoms with Gasteiger partial charge in [0, 0.05) is 0 Å². The minimum Gasteiger partial charge on any atom is -0.511 e. The molecule has 0 aromatic carbocycles. The van der Waals surface area contributed by atoms with Crippen molar-refractivity contribution in [3.8, 4) is 0 Å². The van der Waals surface area contributed by atoms with Crippen LogP contribution in [0.3, 0.4) is 0 Å². The molecule has 0 heterocycles. The molecule has 0 rings (SSSR count). The van der Waals surface area contributed by atoms with Crippen LogP contribution in [0.2, 0.25) is 0 Å². The van der Waals surface area contributed by atoms with E-state index in [9.17, 15) is 0 Å². The van der Waals surface area contributed by atoms with Crippen LogP contribution < -0.4 is 5.73 Å². The predicted octanol–water partition coefficient (Wildman–Crippen LogP) is -0.622. The van der Waals surface area contributed by atoms with Gasteiger partial charge in [0.05, 0.1) is 12.6 Å². The van der Waals surface area contributed by atoms with Gasteiger partial charge in [-0.05, 0) is 0 Å². The van der Waals surface area contributed by atoms with E-state index in [-0.39, 0.29) is 12.4 Å². The lowest BCUT2D eigenvalue weighted by atomic mass is 10.3. The molecule has 0 spiro atoms. The molecule has 1 atom stereocenters. The van der Waals surface area contributed by atoms with Crippen molar-refractivity contribution in [2.75, 3.05) is 6.61 Å². The number of nitrogens with two attached hydrogens (primary N) is 1. The molecule has 0 aliphatic rings. The zero-order valence-electron chi connectivity index (χ0n) is 3.96. The first-order chi connectivity index (χ1) is 3.18. The Kier molecular flexibility index (Phi) is 2.40. The normalized spacial score (nSPS) is 13.4. The van der Waals surface area contributed by atoms with Crippen LogP contribution in [0.1, 0.15) is 0 Å². The zero-order chi connectivity index (χ0) is 5.86. The van der Waals surface area contributed by atoms with Crippen molar-refractivity contribution < 1.29 is 10.2 Å². The fourth-order valence-corrected chi connectivity index (χ4v) is 0.105. The van der Waals surface area contributed by atoms with Crippen LogP contribution in [0.15, 0.2) is 12.3 Å². The van der Waals surface area contributed by atoms with E-state index in [0.717, 1.165) is 0 Å². The number of aliphatic hydroxyl groups is 2. The van der Waals surface area contributed by atoms with Crippen molar-refractivity contribution in [3.05, 3.63) is 12.3 Å². The summed E-state index contributed by atoms with van der Waals surface area (Å²) >= 11 is 0. The van der Waals surface area contributed by atoms with Crippen LogP contribution in [0, 0.1) is 0 Å². The third-order valence-electron chi connectivity index (χ3n) is 0.625. The second-order valence-corrected chi connectivity index (χ2v) is 1.28. The molecule has 0 saturated carbocycles. The van der Waals surface area contributed by atoms with Crippen LogP contribution in [-0.2, 0) is 0 Å². The maximum Gasteiger partial charge on any atom is 0.104 e. The average Bonchev–Trinajstić information content (AvgIpc) is 1.65. The van der Waals surface area contributed by atoms with E-state index in [0.29, 0.717) is 0 Å². The topological polar surface area (TPSA) is 66.5 Å². The van der Waals surface area contributed by atoms with E-state index < -0.39 is 6.04 Å². The van der Waals surface area contributed by atoms with E-state index in [4.69, 9.17) is 15.9 Å². The molecule has 0 aromatic rings. The van der Waals surface area contributed by atoms with Gasteiger partial charge in [-0.25, -0.2) is 0 Å². The van der Waals surface area contributed by atoms with Crippen molar-refractivity contribution in [1.29, 1.82) is 0 Å². The summed E-state index contributed by atoms with van der Waals surface area (Å²) in [6.45, 7) is 2.84. The minimum atomic E-state index is -0.681. The summed E-state index contributed by atoms with van der Waals surface area (Å²) < 4.78 is 0. The van der Waals surface area contributed by atoms with Crippen molar-refractivity contribution in [3.63, 3.8) is 0 Å². The quantitative estimate of drug-likeness (QED) is 0.408. The summed E-state index contributed by atoms with van der Waals surface area (Å²) in [5, 5.41) is 16.5. The van der Waals surface area contributed by atoms with Crippen LogP contribution in [0.5, 0.6) is 0 Å². The largest absolute Gasteiger partial charge is 0.511 e. The van der Waals surface area contributed by atoms with Gasteiger partial charge in [-0.15, -0.1) is 0 Å². The molecule has 0 radical (unpaired) electrons. The van der Waals surface area contributed by atoms with Gasteiger partial charge in [-0.2, -0.15) is 0 Å². The Morgan fingerprint density at radius 2 is 2.29 bits per heavy atom. The molecule has 0 amide bonds. The Morgan fingerprint density at radius 1 is 1.86 bits per heavy atom. The van der Waals surface area contributed by atoms with Crippen molar-refractivity contribution in [2.45, 2.75) is 6.04 Å². The van der Waals surface area contributed by atoms with Crippen LogP contribution >= 0.6 is 0 Å². The van der Waals surface area contributed by atoms with Crippen molar-refractivity contribution >= 4 is 0 Å². The number of hydrogen-bond donors (Lipinski definition) is 3. The molecule has 0 aliphatic heterocycles. The molecule has 0 fully saturated rings. The van der Waals surface area contributed by atoms with Gasteiger partial charge in [0.15, 0.2) is 0 Å². The summed E-state index contributed by atoms with van der Waals surface area (Å²) in [5.41, 5.74) is 5.02. The predicted molar refractivity (Wildman–Crippen MR) is 26.8 cm³/mol. The molecule has 3 heteroatoms. The Balaban J connectivity index is 3.34. The lowest BCUT2D eigenvalue weighted by Gasteiger charge is -2.02. The summed E-state index contributed by atoms with van der Waals surface area (Å²) in [7, 11) is 0. The molecule has 1 unspecified atom stereocenters. The third-order valence-corrected chi connectivity index (χ3v) is 0.625. The molecule has 0 aliphatic carbocycles. The van der Waals surface area contributed by atoms with E-state index in [2.05, 4.69) is 6.58 Å². The Morgan fingerprint density at radius 3 is 2.29 bits per heavy atom. The second-order valence-electron chi connectivity index (χ2n) is 1.28. The molecule has 3 nitrogen and oxygen atoms in total. The summed E-state index contributed by atoms with van der Waals surface area (Å²) in [6.07, 6.45) is 0. The van der Waals surface area contributed by atoms with Gasteiger partial charge in [0.25, 0.3) is 0 Å². The average molecular weight is 103 g/mol. The molecule has 4 N–H and O–H groups in total. The molecule has 0 saturated heterocycles. The van der Waals surface area contributed by atoms with Gasteiger partial charge in [-0.1, -0.05) is 6.58 Å². The van der Waals surface area contributed by atoms with Crippen LogP contribution in [0.25, 0.3) is 0 Å². The van der Waals surface area contributed by atoms with Crippen molar-refractivity contribution in [1.82, 2.24) is 0 Å². The second kappa shape index (κ2) is 2.60. The number of aliphatic hydroxyl groups excluding tert-OH is 2. The molecule has 0 aromatic heterocycles. The van der Waals surface area contributed by atoms with Gasteiger partial charge in [0.2, 0.25) is 0 Å².